The van der Waals surface area contributed by atoms with Gasteiger partial charge in [-0.2, -0.15) is 0 Å². The average molecular weight is 128 g/mol. The molecule has 1 unspecified atom stereocenters. The molecular weight excluding hydrogens is 112 g/mol. The molecule has 2 nitrogen and oxygen atoms in total. The molecule has 0 rings (SSSR count). The summed E-state index contributed by atoms with van der Waals surface area (Å²) in [4.78, 5) is 4.12. The van der Waals surface area contributed by atoms with Crippen molar-refractivity contribution in [1.29, 1.82) is 0 Å². The summed E-state index contributed by atoms with van der Waals surface area (Å²) >= 11 is 0. The van der Waals surface area contributed by atoms with Gasteiger partial charge < -0.3 is 5.73 Å². The molecule has 0 aromatic heterocycles. The SMILES string of the molecule is CC(N)/C=N\CC(C)C. The normalized spacial score (nSPS) is 15.2. The predicted octanol–water partition coefficient (Wildman–Crippen LogP) is 1.06. The van der Waals surface area contributed by atoms with E-state index in [-0.39, 0.29) is 6.04 Å². The Morgan fingerprint density at radius 2 is 2.00 bits per heavy atom. The van der Waals surface area contributed by atoms with Gasteiger partial charge in [0.2, 0.25) is 0 Å². The van der Waals surface area contributed by atoms with Crippen molar-refractivity contribution >= 4 is 6.21 Å². The van der Waals surface area contributed by atoms with E-state index in [1.807, 2.05) is 6.92 Å². The summed E-state index contributed by atoms with van der Waals surface area (Å²) in [6.07, 6.45) is 1.79. The largest absolute Gasteiger partial charge is 0.323 e. The number of hydrogen-bond donors (Lipinski definition) is 1. The van der Waals surface area contributed by atoms with Crippen LogP contribution in [0.4, 0.5) is 0 Å². The molecular formula is C7H16N2. The van der Waals surface area contributed by atoms with E-state index in [2.05, 4.69) is 18.8 Å². The lowest BCUT2D eigenvalue weighted by Crippen LogP contribution is -2.16. The summed E-state index contributed by atoms with van der Waals surface area (Å²) in [6, 6.07) is 0.101. The number of rotatable bonds is 3. The third kappa shape index (κ3) is 7.63. The molecule has 2 heteroatoms. The second-order valence-corrected chi connectivity index (χ2v) is 2.77. The smallest absolute Gasteiger partial charge is 0.0409 e. The molecule has 0 spiro atoms. The van der Waals surface area contributed by atoms with E-state index in [0.717, 1.165) is 6.54 Å². The maximum Gasteiger partial charge on any atom is 0.0409 e. The Kier molecular flexibility index (Phi) is 4.32. The highest BCUT2D eigenvalue weighted by Crippen LogP contribution is 1.89. The Bertz CT molecular complexity index is 84.9. The monoisotopic (exact) mass is 128 g/mol. The highest BCUT2D eigenvalue weighted by Gasteiger charge is 1.88. The zero-order chi connectivity index (χ0) is 7.28. The summed E-state index contributed by atoms with van der Waals surface area (Å²) in [5.74, 6) is 0.639. The number of aliphatic imine (C=N–C) groups is 1. The molecule has 0 aromatic carbocycles. The van der Waals surface area contributed by atoms with Crippen LogP contribution >= 0.6 is 0 Å². The van der Waals surface area contributed by atoms with Crippen LogP contribution in [0, 0.1) is 5.92 Å². The molecule has 2 N–H and O–H groups in total. The minimum atomic E-state index is 0.101. The van der Waals surface area contributed by atoms with E-state index in [1.165, 1.54) is 0 Å². The first-order valence-corrected chi connectivity index (χ1v) is 3.38. The summed E-state index contributed by atoms with van der Waals surface area (Å²) in [5, 5.41) is 0. The second-order valence-electron chi connectivity index (χ2n) is 2.77. The molecule has 0 radical (unpaired) electrons. The van der Waals surface area contributed by atoms with Crippen molar-refractivity contribution in [1.82, 2.24) is 0 Å². The highest BCUT2D eigenvalue weighted by molar-refractivity contribution is 5.63. The van der Waals surface area contributed by atoms with E-state index in [9.17, 15) is 0 Å². The fourth-order valence-corrected chi connectivity index (χ4v) is 0.438. The van der Waals surface area contributed by atoms with Gasteiger partial charge in [0, 0.05) is 18.8 Å². The molecule has 54 valence electrons. The maximum atomic E-state index is 5.43. The van der Waals surface area contributed by atoms with Crippen molar-refractivity contribution in [3.8, 4) is 0 Å². The van der Waals surface area contributed by atoms with Crippen molar-refractivity contribution in [2.75, 3.05) is 6.54 Å². The first kappa shape index (κ1) is 8.63. The van der Waals surface area contributed by atoms with Crippen LogP contribution in [0.1, 0.15) is 20.8 Å². The summed E-state index contributed by atoms with van der Waals surface area (Å²) in [5.41, 5.74) is 5.43. The van der Waals surface area contributed by atoms with Gasteiger partial charge in [-0.25, -0.2) is 0 Å². The topological polar surface area (TPSA) is 38.4 Å². The quantitative estimate of drug-likeness (QED) is 0.567. The molecule has 0 aromatic rings. The Labute approximate surface area is 57.2 Å². The number of hydrogen-bond acceptors (Lipinski definition) is 2. The molecule has 0 saturated heterocycles. The van der Waals surface area contributed by atoms with Gasteiger partial charge in [0.1, 0.15) is 0 Å². The van der Waals surface area contributed by atoms with Crippen LogP contribution in [-0.2, 0) is 0 Å². The molecule has 0 aliphatic heterocycles. The van der Waals surface area contributed by atoms with Gasteiger partial charge in [-0.1, -0.05) is 13.8 Å². The zero-order valence-electron chi connectivity index (χ0n) is 6.46. The molecule has 0 aliphatic rings. The predicted molar refractivity (Wildman–Crippen MR) is 41.8 cm³/mol. The average Bonchev–Trinajstić information content (AvgIpc) is 1.63. The molecule has 1 atom stereocenters. The van der Waals surface area contributed by atoms with Gasteiger partial charge in [-0.05, 0) is 12.8 Å². The highest BCUT2D eigenvalue weighted by atomic mass is 14.7. The standard InChI is InChI=1S/C7H16N2/c1-6(2)4-9-5-7(3)8/h5-7H,4,8H2,1-3H3/b9-5-. The van der Waals surface area contributed by atoms with E-state index in [4.69, 9.17) is 5.73 Å². The summed E-state index contributed by atoms with van der Waals surface area (Å²) in [6.45, 7) is 7.09. The lowest BCUT2D eigenvalue weighted by molar-refractivity contribution is 0.665. The van der Waals surface area contributed by atoms with Crippen LogP contribution in [0.5, 0.6) is 0 Å². The van der Waals surface area contributed by atoms with Crippen molar-refractivity contribution < 1.29 is 0 Å². The summed E-state index contributed by atoms with van der Waals surface area (Å²) in [7, 11) is 0. The van der Waals surface area contributed by atoms with Gasteiger partial charge in [0.25, 0.3) is 0 Å². The molecule has 0 heterocycles. The van der Waals surface area contributed by atoms with Crippen LogP contribution in [0.2, 0.25) is 0 Å². The fourth-order valence-electron chi connectivity index (χ4n) is 0.438. The molecule has 0 aliphatic carbocycles. The van der Waals surface area contributed by atoms with Crippen LogP contribution in [0.25, 0.3) is 0 Å². The minimum Gasteiger partial charge on any atom is -0.323 e. The molecule has 9 heavy (non-hydrogen) atoms. The van der Waals surface area contributed by atoms with Crippen LogP contribution in [-0.4, -0.2) is 18.8 Å². The van der Waals surface area contributed by atoms with Gasteiger partial charge in [-0.3, -0.25) is 4.99 Å². The van der Waals surface area contributed by atoms with Gasteiger partial charge in [0.05, 0.1) is 0 Å². The van der Waals surface area contributed by atoms with Crippen LogP contribution in [0.3, 0.4) is 0 Å². The van der Waals surface area contributed by atoms with E-state index in [0.29, 0.717) is 5.92 Å². The Balaban J connectivity index is 3.25. The third-order valence-corrected chi connectivity index (χ3v) is 0.811. The van der Waals surface area contributed by atoms with Gasteiger partial charge in [0.15, 0.2) is 0 Å². The minimum absolute atomic E-state index is 0.101. The van der Waals surface area contributed by atoms with Crippen molar-refractivity contribution in [3.63, 3.8) is 0 Å². The van der Waals surface area contributed by atoms with Crippen molar-refractivity contribution in [2.45, 2.75) is 26.8 Å². The van der Waals surface area contributed by atoms with Crippen molar-refractivity contribution in [2.24, 2.45) is 16.6 Å². The Hall–Kier alpha value is -0.370. The third-order valence-electron chi connectivity index (χ3n) is 0.811. The van der Waals surface area contributed by atoms with Gasteiger partial charge >= 0.3 is 0 Å². The first-order valence-electron chi connectivity index (χ1n) is 3.38. The molecule has 0 saturated carbocycles. The van der Waals surface area contributed by atoms with Crippen molar-refractivity contribution in [3.05, 3.63) is 0 Å². The van der Waals surface area contributed by atoms with E-state index >= 15 is 0 Å². The molecule has 0 bridgehead atoms. The fraction of sp³-hybridized carbons (Fsp3) is 0.857. The lowest BCUT2D eigenvalue weighted by atomic mass is 10.2. The number of nitrogens with zero attached hydrogens (tertiary/aromatic N) is 1. The Morgan fingerprint density at radius 1 is 1.44 bits per heavy atom. The number of nitrogens with two attached hydrogens (primary N) is 1. The molecule has 0 fully saturated rings. The van der Waals surface area contributed by atoms with Crippen LogP contribution in [0.15, 0.2) is 4.99 Å². The molecule has 0 amide bonds. The second kappa shape index (κ2) is 4.50. The van der Waals surface area contributed by atoms with E-state index < -0.39 is 0 Å². The van der Waals surface area contributed by atoms with Crippen LogP contribution < -0.4 is 5.73 Å². The van der Waals surface area contributed by atoms with E-state index in [1.54, 1.807) is 6.21 Å². The zero-order valence-corrected chi connectivity index (χ0v) is 6.46. The van der Waals surface area contributed by atoms with Gasteiger partial charge in [-0.15, -0.1) is 0 Å². The maximum absolute atomic E-state index is 5.43. The first-order chi connectivity index (χ1) is 4.13. The summed E-state index contributed by atoms with van der Waals surface area (Å²) < 4.78 is 0. The lowest BCUT2D eigenvalue weighted by Gasteiger charge is -1.97. The Morgan fingerprint density at radius 3 is 2.33 bits per heavy atom.